The summed E-state index contributed by atoms with van der Waals surface area (Å²) in [5.41, 5.74) is 2.78. The van der Waals surface area contributed by atoms with Gasteiger partial charge >= 0.3 is 0 Å². The van der Waals surface area contributed by atoms with Crippen LogP contribution >= 0.6 is 11.8 Å². The minimum absolute atomic E-state index is 0.141. The van der Waals surface area contributed by atoms with Crippen LogP contribution in [0.2, 0.25) is 0 Å². The first-order chi connectivity index (χ1) is 12.5. The number of benzene rings is 2. The number of carbonyl (C=O) groups is 1. The monoisotopic (exact) mass is 371 g/mol. The predicted octanol–water partition coefficient (Wildman–Crippen LogP) is 2.91. The maximum absolute atomic E-state index is 12.9. The van der Waals surface area contributed by atoms with E-state index in [1.54, 1.807) is 23.7 Å². The fourth-order valence-electron chi connectivity index (χ4n) is 2.32. The predicted molar refractivity (Wildman–Crippen MR) is 97.5 cm³/mol. The summed E-state index contributed by atoms with van der Waals surface area (Å²) in [5.74, 6) is -0.440. The number of amides is 1. The van der Waals surface area contributed by atoms with Gasteiger partial charge in [-0.1, -0.05) is 36.0 Å². The fraction of sp³-hybridized carbons (Fsp3) is 0.222. The normalized spacial score (nSPS) is 12.0. The molecule has 3 rings (SSSR count). The molecule has 3 aromatic rings. The van der Waals surface area contributed by atoms with E-state index in [0.717, 1.165) is 16.8 Å². The minimum atomic E-state index is -0.384. The van der Waals surface area contributed by atoms with Crippen LogP contribution in [-0.4, -0.2) is 31.4 Å². The van der Waals surface area contributed by atoms with Gasteiger partial charge in [-0.3, -0.25) is 4.79 Å². The highest BCUT2D eigenvalue weighted by atomic mass is 32.2. The van der Waals surface area contributed by atoms with E-state index in [1.165, 1.54) is 23.9 Å². The number of rotatable bonds is 6. The third-order valence-corrected chi connectivity index (χ3v) is 4.75. The summed E-state index contributed by atoms with van der Waals surface area (Å²) in [4.78, 5) is 12.3. The highest BCUT2D eigenvalue weighted by Crippen LogP contribution is 2.23. The molecule has 1 atom stereocenters. The van der Waals surface area contributed by atoms with Crippen molar-refractivity contribution in [2.24, 2.45) is 0 Å². The lowest BCUT2D eigenvalue weighted by atomic mass is 10.2. The van der Waals surface area contributed by atoms with Crippen molar-refractivity contribution < 1.29 is 9.18 Å². The molecule has 134 valence electrons. The Labute approximate surface area is 154 Å². The van der Waals surface area contributed by atoms with E-state index in [-0.39, 0.29) is 17.0 Å². The van der Waals surface area contributed by atoms with Crippen LogP contribution in [-0.2, 0) is 11.3 Å². The van der Waals surface area contributed by atoms with Crippen molar-refractivity contribution in [3.8, 4) is 5.69 Å². The molecule has 8 heteroatoms. The van der Waals surface area contributed by atoms with Crippen LogP contribution < -0.4 is 5.32 Å². The molecule has 2 aromatic carbocycles. The Morgan fingerprint density at radius 2 is 2.04 bits per heavy atom. The Hall–Kier alpha value is -2.74. The molecule has 1 aromatic heterocycles. The van der Waals surface area contributed by atoms with E-state index in [4.69, 9.17) is 0 Å². The average Bonchev–Trinajstić information content (AvgIpc) is 3.09. The molecular formula is C18H18FN5OS. The molecule has 26 heavy (non-hydrogen) atoms. The van der Waals surface area contributed by atoms with Crippen LogP contribution in [0.4, 0.5) is 4.39 Å². The molecule has 0 aliphatic rings. The first kappa shape index (κ1) is 18.1. The maximum Gasteiger partial charge on any atom is 0.233 e. The molecule has 0 saturated carbocycles. The third kappa shape index (κ3) is 4.45. The molecule has 0 saturated heterocycles. The van der Waals surface area contributed by atoms with Crippen LogP contribution in [0.25, 0.3) is 5.69 Å². The molecule has 0 radical (unpaired) electrons. The second kappa shape index (κ2) is 8.09. The molecule has 0 aliphatic heterocycles. The van der Waals surface area contributed by atoms with Gasteiger partial charge in [-0.2, -0.15) is 4.68 Å². The lowest BCUT2D eigenvalue weighted by Gasteiger charge is -2.12. The molecular weight excluding hydrogens is 353 g/mol. The van der Waals surface area contributed by atoms with Gasteiger partial charge in [-0.05, 0) is 59.7 Å². The van der Waals surface area contributed by atoms with Crippen LogP contribution in [0.1, 0.15) is 18.1 Å². The number of thioether (sulfide) groups is 1. The van der Waals surface area contributed by atoms with E-state index >= 15 is 0 Å². The molecule has 0 spiro atoms. The van der Waals surface area contributed by atoms with Crippen molar-refractivity contribution in [3.05, 3.63) is 65.5 Å². The lowest BCUT2D eigenvalue weighted by molar-refractivity contribution is -0.120. The SMILES string of the molecule is Cc1cccc(-n2nnnc2SC(C)C(=O)NCc2ccc(F)cc2)c1. The molecule has 6 nitrogen and oxygen atoms in total. The van der Waals surface area contributed by atoms with Gasteiger partial charge in [0.1, 0.15) is 5.82 Å². The van der Waals surface area contributed by atoms with Gasteiger partial charge in [-0.15, -0.1) is 5.10 Å². The summed E-state index contributed by atoms with van der Waals surface area (Å²) >= 11 is 1.28. The Morgan fingerprint density at radius 3 is 2.77 bits per heavy atom. The lowest BCUT2D eigenvalue weighted by Crippen LogP contribution is -2.30. The molecule has 1 unspecified atom stereocenters. The molecule has 1 heterocycles. The van der Waals surface area contributed by atoms with Crippen LogP contribution in [0.5, 0.6) is 0 Å². The Kier molecular flexibility index (Phi) is 5.62. The second-order valence-corrected chi connectivity index (χ2v) is 7.12. The van der Waals surface area contributed by atoms with E-state index < -0.39 is 0 Å². The number of hydrogen-bond donors (Lipinski definition) is 1. The topological polar surface area (TPSA) is 72.7 Å². The van der Waals surface area contributed by atoms with Crippen molar-refractivity contribution in [1.29, 1.82) is 0 Å². The average molecular weight is 371 g/mol. The summed E-state index contributed by atoms with van der Waals surface area (Å²) < 4.78 is 14.5. The van der Waals surface area contributed by atoms with E-state index in [1.807, 2.05) is 31.2 Å². The number of nitrogens with one attached hydrogen (secondary N) is 1. The first-order valence-corrected chi connectivity index (χ1v) is 8.95. The van der Waals surface area contributed by atoms with Gasteiger partial charge in [0.05, 0.1) is 10.9 Å². The van der Waals surface area contributed by atoms with Crippen molar-refractivity contribution in [3.63, 3.8) is 0 Å². The van der Waals surface area contributed by atoms with E-state index in [2.05, 4.69) is 20.8 Å². The van der Waals surface area contributed by atoms with Crippen LogP contribution in [0, 0.1) is 12.7 Å². The van der Waals surface area contributed by atoms with E-state index in [9.17, 15) is 9.18 Å². The summed E-state index contributed by atoms with van der Waals surface area (Å²) in [7, 11) is 0. The van der Waals surface area contributed by atoms with Crippen molar-refractivity contribution in [2.45, 2.75) is 30.8 Å². The van der Waals surface area contributed by atoms with Crippen molar-refractivity contribution in [2.75, 3.05) is 0 Å². The smallest absolute Gasteiger partial charge is 0.233 e. The standard InChI is InChI=1S/C18H18FN5OS/c1-12-4-3-5-16(10-12)24-18(21-22-23-24)26-13(2)17(25)20-11-14-6-8-15(19)9-7-14/h3-10,13H,11H2,1-2H3,(H,20,25). The van der Waals surface area contributed by atoms with Crippen molar-refractivity contribution >= 4 is 17.7 Å². The largest absolute Gasteiger partial charge is 0.351 e. The molecule has 1 amide bonds. The van der Waals surface area contributed by atoms with Gasteiger partial charge < -0.3 is 5.32 Å². The maximum atomic E-state index is 12.9. The highest BCUT2D eigenvalue weighted by molar-refractivity contribution is 8.00. The van der Waals surface area contributed by atoms with Gasteiger partial charge in [0.15, 0.2) is 0 Å². The number of tetrazole rings is 1. The zero-order valence-corrected chi connectivity index (χ0v) is 15.2. The quantitative estimate of drug-likeness (QED) is 0.675. The zero-order valence-electron chi connectivity index (χ0n) is 14.4. The third-order valence-electron chi connectivity index (χ3n) is 3.72. The number of carbonyl (C=O) groups excluding carboxylic acids is 1. The van der Waals surface area contributed by atoms with Gasteiger partial charge in [0.25, 0.3) is 0 Å². The Bertz CT molecular complexity index is 897. The molecule has 0 bridgehead atoms. The number of aromatic nitrogens is 4. The number of halogens is 1. The van der Waals surface area contributed by atoms with Crippen LogP contribution in [0.15, 0.2) is 53.7 Å². The molecule has 0 aliphatic carbocycles. The number of hydrogen-bond acceptors (Lipinski definition) is 5. The van der Waals surface area contributed by atoms with Crippen molar-refractivity contribution in [1.82, 2.24) is 25.5 Å². The molecule has 0 fully saturated rings. The fourth-order valence-corrected chi connectivity index (χ4v) is 3.15. The van der Waals surface area contributed by atoms with Gasteiger partial charge in [-0.25, -0.2) is 4.39 Å². The summed E-state index contributed by atoms with van der Waals surface area (Å²) in [6, 6.07) is 13.8. The van der Waals surface area contributed by atoms with Gasteiger partial charge in [0.2, 0.25) is 11.1 Å². The number of nitrogens with zero attached hydrogens (tertiary/aromatic N) is 4. The summed E-state index contributed by atoms with van der Waals surface area (Å²) in [5, 5.41) is 14.7. The zero-order chi connectivity index (χ0) is 18.5. The summed E-state index contributed by atoms with van der Waals surface area (Å²) in [6.45, 7) is 4.12. The van der Waals surface area contributed by atoms with E-state index in [0.29, 0.717) is 11.7 Å². The van der Waals surface area contributed by atoms with Gasteiger partial charge in [0, 0.05) is 6.54 Å². The number of aryl methyl sites for hydroxylation is 1. The highest BCUT2D eigenvalue weighted by Gasteiger charge is 2.19. The first-order valence-electron chi connectivity index (χ1n) is 8.07. The van der Waals surface area contributed by atoms with Crippen LogP contribution in [0.3, 0.4) is 0 Å². The Balaban J connectivity index is 1.63. The second-order valence-electron chi connectivity index (χ2n) is 5.82. The molecule has 1 N–H and O–H groups in total. The minimum Gasteiger partial charge on any atom is -0.351 e. The Morgan fingerprint density at radius 1 is 1.27 bits per heavy atom. The summed E-state index contributed by atoms with van der Waals surface area (Å²) in [6.07, 6.45) is 0.